The van der Waals surface area contributed by atoms with Gasteiger partial charge in [0.15, 0.2) is 5.13 Å². The maximum atomic E-state index is 11.8. The molecule has 1 aliphatic heterocycles. The fraction of sp³-hybridized carbons (Fsp3) is 0.692. The first-order valence-corrected chi connectivity index (χ1v) is 7.83. The van der Waals surface area contributed by atoms with Crippen molar-refractivity contribution in [2.75, 3.05) is 18.0 Å². The molecule has 0 aliphatic carbocycles. The summed E-state index contributed by atoms with van der Waals surface area (Å²) in [5.74, 6) is 5.03. The molecule has 0 spiro atoms. The van der Waals surface area contributed by atoms with E-state index in [4.69, 9.17) is 5.84 Å². The zero-order chi connectivity index (χ0) is 13.7. The number of nitrogens with two attached hydrogens (primary N) is 1. The van der Waals surface area contributed by atoms with E-state index in [0.717, 1.165) is 36.8 Å². The Hall–Kier alpha value is -1.14. The molecule has 0 saturated carbocycles. The number of hydrogen-bond acceptors (Lipinski definition) is 5. The van der Waals surface area contributed by atoms with Crippen molar-refractivity contribution in [2.45, 2.75) is 45.4 Å². The first kappa shape index (κ1) is 14.3. The van der Waals surface area contributed by atoms with Crippen LogP contribution in [0.5, 0.6) is 0 Å². The fourth-order valence-electron chi connectivity index (χ4n) is 2.39. The molecule has 1 aliphatic rings. The van der Waals surface area contributed by atoms with Crippen LogP contribution in [0.25, 0.3) is 0 Å². The number of carbonyl (C=O) groups excluding carboxylic acids is 1. The van der Waals surface area contributed by atoms with E-state index in [2.05, 4.69) is 22.2 Å². The van der Waals surface area contributed by atoms with Crippen LogP contribution < -0.4 is 16.2 Å². The number of nitrogens with one attached hydrogen (secondary N) is 1. The summed E-state index contributed by atoms with van der Waals surface area (Å²) in [4.78, 5) is 19.4. The lowest BCUT2D eigenvalue weighted by atomic mass is 10.2. The molecule has 1 saturated heterocycles. The number of thiazole rings is 1. The molecule has 3 N–H and O–H groups in total. The Morgan fingerprint density at radius 3 is 2.63 bits per heavy atom. The lowest BCUT2D eigenvalue weighted by Crippen LogP contribution is -2.30. The van der Waals surface area contributed by atoms with Crippen molar-refractivity contribution in [1.82, 2.24) is 10.4 Å². The predicted molar refractivity (Wildman–Crippen MR) is 78.4 cm³/mol. The van der Waals surface area contributed by atoms with Gasteiger partial charge in [0, 0.05) is 13.1 Å². The summed E-state index contributed by atoms with van der Waals surface area (Å²) < 4.78 is 0. The average molecular weight is 282 g/mol. The Balaban J connectivity index is 2.22. The van der Waals surface area contributed by atoms with E-state index in [1.807, 2.05) is 0 Å². The number of carbonyl (C=O) groups is 1. The van der Waals surface area contributed by atoms with Gasteiger partial charge >= 0.3 is 0 Å². The number of anilines is 1. The number of nitrogen functional groups attached to an aromatic ring is 1. The molecule has 5 nitrogen and oxygen atoms in total. The summed E-state index contributed by atoms with van der Waals surface area (Å²) >= 11 is 1.47. The van der Waals surface area contributed by atoms with Gasteiger partial charge in [-0.05, 0) is 19.3 Å². The molecule has 1 amide bonds. The third-order valence-corrected chi connectivity index (χ3v) is 4.54. The standard InChI is InChI=1S/C13H22N4OS/c1-2-7-10-11(12(18)16-14)19-13(15-10)17-8-5-3-4-6-9-17/h2-9,14H2,1H3,(H,16,18). The summed E-state index contributed by atoms with van der Waals surface area (Å²) in [6, 6.07) is 0. The lowest BCUT2D eigenvalue weighted by molar-refractivity contribution is 0.0956. The molecule has 2 rings (SSSR count). The van der Waals surface area contributed by atoms with Crippen LogP contribution in [0.15, 0.2) is 0 Å². The van der Waals surface area contributed by atoms with Gasteiger partial charge in [-0.1, -0.05) is 37.5 Å². The second-order valence-corrected chi connectivity index (χ2v) is 5.87. The Morgan fingerprint density at radius 2 is 2.05 bits per heavy atom. The zero-order valence-corrected chi connectivity index (χ0v) is 12.3. The highest BCUT2D eigenvalue weighted by Gasteiger charge is 2.20. The minimum Gasteiger partial charge on any atom is -0.348 e. The van der Waals surface area contributed by atoms with E-state index in [1.165, 1.54) is 37.0 Å². The van der Waals surface area contributed by atoms with Crippen molar-refractivity contribution in [1.29, 1.82) is 0 Å². The quantitative estimate of drug-likeness (QED) is 0.504. The topological polar surface area (TPSA) is 71.2 Å². The monoisotopic (exact) mass is 282 g/mol. The molecule has 0 unspecified atom stereocenters. The van der Waals surface area contributed by atoms with Crippen molar-refractivity contribution >= 4 is 22.4 Å². The number of amides is 1. The van der Waals surface area contributed by atoms with Crippen LogP contribution in [-0.4, -0.2) is 24.0 Å². The van der Waals surface area contributed by atoms with Crippen molar-refractivity contribution in [3.63, 3.8) is 0 Å². The van der Waals surface area contributed by atoms with Gasteiger partial charge in [0.05, 0.1) is 5.69 Å². The third-order valence-electron chi connectivity index (χ3n) is 3.39. The third kappa shape index (κ3) is 3.45. The van der Waals surface area contributed by atoms with E-state index in [9.17, 15) is 4.79 Å². The highest BCUT2D eigenvalue weighted by Crippen LogP contribution is 2.29. The fourth-order valence-corrected chi connectivity index (χ4v) is 3.45. The highest BCUT2D eigenvalue weighted by molar-refractivity contribution is 7.17. The molecule has 0 bridgehead atoms. The van der Waals surface area contributed by atoms with Crippen LogP contribution in [0.1, 0.15) is 54.4 Å². The van der Waals surface area contributed by atoms with Gasteiger partial charge in [-0.15, -0.1) is 0 Å². The lowest BCUT2D eigenvalue weighted by Gasteiger charge is -2.18. The molecule has 0 aromatic carbocycles. The van der Waals surface area contributed by atoms with Crippen molar-refractivity contribution in [3.8, 4) is 0 Å². The molecule has 1 fully saturated rings. The number of aryl methyl sites for hydroxylation is 1. The summed E-state index contributed by atoms with van der Waals surface area (Å²) in [7, 11) is 0. The van der Waals surface area contributed by atoms with Crippen LogP contribution in [0.3, 0.4) is 0 Å². The van der Waals surface area contributed by atoms with Crippen LogP contribution in [0.2, 0.25) is 0 Å². The molecular weight excluding hydrogens is 260 g/mol. The highest BCUT2D eigenvalue weighted by atomic mass is 32.1. The number of nitrogens with zero attached hydrogens (tertiary/aromatic N) is 2. The van der Waals surface area contributed by atoms with Gasteiger partial charge in [0.2, 0.25) is 0 Å². The average Bonchev–Trinajstić information content (AvgIpc) is 2.65. The molecule has 0 radical (unpaired) electrons. The van der Waals surface area contributed by atoms with Gasteiger partial charge in [-0.25, -0.2) is 10.8 Å². The van der Waals surface area contributed by atoms with Crippen molar-refractivity contribution in [3.05, 3.63) is 10.6 Å². The van der Waals surface area contributed by atoms with Gasteiger partial charge in [-0.2, -0.15) is 0 Å². The Morgan fingerprint density at radius 1 is 1.37 bits per heavy atom. The molecule has 1 aromatic rings. The van der Waals surface area contributed by atoms with Gasteiger partial charge in [-0.3, -0.25) is 10.2 Å². The minimum absolute atomic E-state index is 0.220. The van der Waals surface area contributed by atoms with Crippen LogP contribution in [-0.2, 0) is 6.42 Å². The van der Waals surface area contributed by atoms with Crippen LogP contribution >= 0.6 is 11.3 Å². The Labute approximate surface area is 118 Å². The van der Waals surface area contributed by atoms with Gasteiger partial charge < -0.3 is 4.90 Å². The maximum Gasteiger partial charge on any atom is 0.277 e. The molecule has 0 atom stereocenters. The minimum atomic E-state index is -0.220. The first-order valence-electron chi connectivity index (χ1n) is 7.01. The maximum absolute atomic E-state index is 11.8. The number of hydrazine groups is 1. The van der Waals surface area contributed by atoms with E-state index < -0.39 is 0 Å². The van der Waals surface area contributed by atoms with Crippen molar-refractivity contribution in [2.24, 2.45) is 5.84 Å². The predicted octanol–water partition coefficient (Wildman–Crippen LogP) is 2.08. The largest absolute Gasteiger partial charge is 0.348 e. The second-order valence-electron chi connectivity index (χ2n) is 4.90. The van der Waals surface area contributed by atoms with Crippen molar-refractivity contribution < 1.29 is 4.79 Å². The van der Waals surface area contributed by atoms with Gasteiger partial charge in [0.25, 0.3) is 5.91 Å². The smallest absolute Gasteiger partial charge is 0.277 e. The second kappa shape index (κ2) is 6.86. The number of aromatic nitrogens is 1. The number of rotatable bonds is 4. The van der Waals surface area contributed by atoms with E-state index >= 15 is 0 Å². The Kier molecular flexibility index (Phi) is 5.15. The molecule has 6 heteroatoms. The van der Waals surface area contributed by atoms with E-state index in [-0.39, 0.29) is 5.91 Å². The first-order chi connectivity index (χ1) is 9.26. The normalized spacial score (nSPS) is 16.2. The molecule has 2 heterocycles. The molecule has 106 valence electrons. The van der Waals surface area contributed by atoms with E-state index in [0.29, 0.717) is 4.88 Å². The van der Waals surface area contributed by atoms with Crippen LogP contribution in [0.4, 0.5) is 5.13 Å². The Bertz CT molecular complexity index is 424. The molecule has 1 aromatic heterocycles. The molecule has 19 heavy (non-hydrogen) atoms. The number of hydrogen-bond donors (Lipinski definition) is 2. The van der Waals surface area contributed by atoms with E-state index in [1.54, 1.807) is 0 Å². The zero-order valence-electron chi connectivity index (χ0n) is 11.4. The summed E-state index contributed by atoms with van der Waals surface area (Å²) in [5, 5.41) is 0.976. The molecular formula is C13H22N4OS. The summed E-state index contributed by atoms with van der Waals surface area (Å²) in [5.41, 5.74) is 3.11. The van der Waals surface area contributed by atoms with Gasteiger partial charge in [0.1, 0.15) is 4.88 Å². The van der Waals surface area contributed by atoms with Crippen LogP contribution in [0, 0.1) is 0 Å². The summed E-state index contributed by atoms with van der Waals surface area (Å²) in [6.45, 7) is 4.18. The SMILES string of the molecule is CCCc1nc(N2CCCCCC2)sc1C(=O)NN. The summed E-state index contributed by atoms with van der Waals surface area (Å²) in [6.07, 6.45) is 6.81.